The van der Waals surface area contributed by atoms with Crippen molar-refractivity contribution < 1.29 is 4.79 Å². The van der Waals surface area contributed by atoms with E-state index in [1.165, 1.54) is 23.0 Å². The largest absolute Gasteiger partial charge is 0.394 e. The average Bonchev–Trinajstić information content (AvgIpc) is 2.46. The predicted octanol–water partition coefficient (Wildman–Crippen LogP) is 1.46. The molecule has 1 N–H and O–H groups in total. The quantitative estimate of drug-likeness (QED) is 0.674. The summed E-state index contributed by atoms with van der Waals surface area (Å²) in [6, 6.07) is 8.98. The lowest BCUT2D eigenvalue weighted by Crippen LogP contribution is -2.19. The Kier molecular flexibility index (Phi) is 4.10. The molecular weight excluding hydrogens is 254 g/mol. The summed E-state index contributed by atoms with van der Waals surface area (Å²) < 4.78 is 1.52. The van der Waals surface area contributed by atoms with E-state index >= 15 is 0 Å². The number of hydrogen-bond donors (Lipinski definition) is 1. The van der Waals surface area contributed by atoms with Crippen molar-refractivity contribution in [1.29, 1.82) is 0 Å². The number of allylic oxidation sites excluding steroid dienone is 1. The van der Waals surface area contributed by atoms with Gasteiger partial charge >= 0.3 is 0 Å². The Bertz CT molecular complexity index is 700. The van der Waals surface area contributed by atoms with Gasteiger partial charge in [-0.2, -0.15) is 5.10 Å². The molecule has 0 unspecified atom stereocenters. The second-order valence-electron chi connectivity index (χ2n) is 4.29. The van der Waals surface area contributed by atoms with Crippen LogP contribution >= 0.6 is 0 Å². The van der Waals surface area contributed by atoms with Gasteiger partial charge in [-0.1, -0.05) is 17.7 Å². The molecule has 1 aromatic carbocycles. The minimum atomic E-state index is -0.425. The number of rotatable bonds is 4. The summed E-state index contributed by atoms with van der Waals surface area (Å²) in [5.74, 6) is -0.425. The SMILES string of the molecule is CN/C=C/C(=O)c1nn(-c2ccc(C)cc2)ccc1=O. The van der Waals surface area contributed by atoms with Crippen LogP contribution in [0.3, 0.4) is 0 Å². The molecule has 5 heteroatoms. The van der Waals surface area contributed by atoms with Gasteiger partial charge in [-0.3, -0.25) is 9.59 Å². The molecule has 1 heterocycles. The summed E-state index contributed by atoms with van der Waals surface area (Å²) in [5, 5.41) is 6.80. The van der Waals surface area contributed by atoms with Crippen LogP contribution in [0.2, 0.25) is 0 Å². The van der Waals surface area contributed by atoms with E-state index in [0.717, 1.165) is 11.3 Å². The monoisotopic (exact) mass is 269 g/mol. The van der Waals surface area contributed by atoms with Gasteiger partial charge in [-0.05, 0) is 19.1 Å². The molecule has 2 rings (SSSR count). The zero-order chi connectivity index (χ0) is 14.5. The number of carbonyl (C=O) groups excluding carboxylic acids is 1. The van der Waals surface area contributed by atoms with Crippen molar-refractivity contribution in [3.63, 3.8) is 0 Å². The van der Waals surface area contributed by atoms with Gasteiger partial charge in [0, 0.05) is 31.6 Å². The first-order valence-electron chi connectivity index (χ1n) is 6.17. The van der Waals surface area contributed by atoms with Gasteiger partial charge in [-0.15, -0.1) is 0 Å². The van der Waals surface area contributed by atoms with Crippen LogP contribution in [0.1, 0.15) is 16.1 Å². The van der Waals surface area contributed by atoms with E-state index < -0.39 is 5.78 Å². The van der Waals surface area contributed by atoms with Gasteiger partial charge in [0.15, 0.2) is 5.69 Å². The maximum absolute atomic E-state index is 11.9. The van der Waals surface area contributed by atoms with Crippen molar-refractivity contribution >= 4 is 5.78 Å². The summed E-state index contributed by atoms with van der Waals surface area (Å²) in [6.07, 6.45) is 4.29. The fourth-order valence-electron chi connectivity index (χ4n) is 1.66. The van der Waals surface area contributed by atoms with Crippen molar-refractivity contribution in [2.45, 2.75) is 6.92 Å². The first-order chi connectivity index (χ1) is 9.61. The van der Waals surface area contributed by atoms with E-state index in [4.69, 9.17) is 0 Å². The number of aryl methyl sites for hydroxylation is 1. The Morgan fingerprint density at radius 3 is 2.60 bits per heavy atom. The summed E-state index contributed by atoms with van der Waals surface area (Å²) in [7, 11) is 1.67. The van der Waals surface area contributed by atoms with Gasteiger partial charge in [0.05, 0.1) is 5.69 Å². The fourth-order valence-corrected chi connectivity index (χ4v) is 1.66. The van der Waals surface area contributed by atoms with E-state index in [2.05, 4.69) is 10.4 Å². The van der Waals surface area contributed by atoms with Crippen LogP contribution in [0.15, 0.2) is 53.6 Å². The zero-order valence-electron chi connectivity index (χ0n) is 11.3. The average molecular weight is 269 g/mol. The van der Waals surface area contributed by atoms with Crippen LogP contribution < -0.4 is 10.7 Å². The van der Waals surface area contributed by atoms with Crippen LogP contribution in [0.5, 0.6) is 0 Å². The third-order valence-electron chi connectivity index (χ3n) is 2.74. The van der Waals surface area contributed by atoms with E-state index in [1.807, 2.05) is 31.2 Å². The molecule has 102 valence electrons. The highest BCUT2D eigenvalue weighted by molar-refractivity contribution is 6.02. The third-order valence-corrected chi connectivity index (χ3v) is 2.74. The summed E-state index contributed by atoms with van der Waals surface area (Å²) in [4.78, 5) is 23.6. The number of carbonyl (C=O) groups is 1. The normalized spacial score (nSPS) is 10.7. The highest BCUT2D eigenvalue weighted by Gasteiger charge is 2.10. The van der Waals surface area contributed by atoms with Crippen LogP contribution in [0.4, 0.5) is 0 Å². The van der Waals surface area contributed by atoms with E-state index in [-0.39, 0.29) is 11.1 Å². The second kappa shape index (κ2) is 5.97. The standard InChI is InChI=1S/C15H15N3O2/c1-11-3-5-12(6-4-11)18-10-8-14(20)15(17-18)13(19)7-9-16-2/h3-10,16H,1-2H3/b9-7+. The van der Waals surface area contributed by atoms with Crippen molar-refractivity contribution in [2.24, 2.45) is 0 Å². The molecule has 0 aliphatic heterocycles. The number of nitrogens with zero attached hydrogens (tertiary/aromatic N) is 2. The summed E-state index contributed by atoms with van der Waals surface area (Å²) in [6.45, 7) is 1.99. The lowest BCUT2D eigenvalue weighted by Gasteiger charge is -2.06. The topological polar surface area (TPSA) is 64.0 Å². The summed E-state index contributed by atoms with van der Waals surface area (Å²) in [5.41, 5.74) is 1.43. The number of nitrogens with one attached hydrogen (secondary N) is 1. The second-order valence-corrected chi connectivity index (χ2v) is 4.29. The van der Waals surface area contributed by atoms with Crippen LogP contribution in [-0.2, 0) is 0 Å². The molecule has 0 radical (unpaired) electrons. The molecule has 0 aliphatic rings. The maximum Gasteiger partial charge on any atom is 0.211 e. The van der Waals surface area contributed by atoms with Gasteiger partial charge in [0.25, 0.3) is 0 Å². The maximum atomic E-state index is 11.9. The molecule has 0 bridgehead atoms. The molecule has 2 aromatic rings. The molecule has 5 nitrogen and oxygen atoms in total. The van der Waals surface area contributed by atoms with Gasteiger partial charge in [0.1, 0.15) is 0 Å². The van der Waals surface area contributed by atoms with E-state index in [0.29, 0.717) is 0 Å². The van der Waals surface area contributed by atoms with Gasteiger partial charge in [0.2, 0.25) is 11.2 Å². The molecule has 0 aliphatic carbocycles. The summed E-state index contributed by atoms with van der Waals surface area (Å²) >= 11 is 0. The van der Waals surface area contributed by atoms with E-state index in [9.17, 15) is 9.59 Å². The van der Waals surface area contributed by atoms with Crippen LogP contribution in [-0.4, -0.2) is 22.6 Å². The molecule has 0 atom stereocenters. The number of hydrogen-bond acceptors (Lipinski definition) is 4. The highest BCUT2D eigenvalue weighted by Crippen LogP contribution is 2.07. The first-order valence-corrected chi connectivity index (χ1v) is 6.17. The molecule has 0 fully saturated rings. The Morgan fingerprint density at radius 1 is 1.25 bits per heavy atom. The Labute approximate surface area is 116 Å². The predicted molar refractivity (Wildman–Crippen MR) is 77.1 cm³/mol. The number of ketones is 1. The lowest BCUT2D eigenvalue weighted by molar-refractivity contribution is 0.103. The van der Waals surface area contributed by atoms with Crippen LogP contribution in [0, 0.1) is 6.92 Å². The molecule has 0 amide bonds. The number of benzene rings is 1. The van der Waals surface area contributed by atoms with Crippen LogP contribution in [0.25, 0.3) is 5.69 Å². The fraction of sp³-hybridized carbons (Fsp3) is 0.133. The minimum absolute atomic E-state index is 0.0976. The van der Waals surface area contributed by atoms with E-state index in [1.54, 1.807) is 13.2 Å². The van der Waals surface area contributed by atoms with Gasteiger partial charge < -0.3 is 5.32 Å². The van der Waals surface area contributed by atoms with Crippen molar-refractivity contribution in [3.8, 4) is 5.69 Å². The van der Waals surface area contributed by atoms with Crippen molar-refractivity contribution in [1.82, 2.24) is 15.1 Å². The lowest BCUT2D eigenvalue weighted by atomic mass is 10.2. The van der Waals surface area contributed by atoms with Crippen molar-refractivity contribution in [3.05, 3.63) is 70.3 Å². The molecule has 0 spiro atoms. The molecule has 1 aromatic heterocycles. The Hall–Kier alpha value is -2.69. The van der Waals surface area contributed by atoms with Crippen molar-refractivity contribution in [2.75, 3.05) is 7.05 Å². The molecule has 0 saturated heterocycles. The number of aromatic nitrogens is 2. The third kappa shape index (κ3) is 3.00. The molecule has 20 heavy (non-hydrogen) atoms. The first kappa shape index (κ1) is 13.7. The Morgan fingerprint density at radius 2 is 1.95 bits per heavy atom. The Balaban J connectivity index is 2.43. The zero-order valence-corrected chi connectivity index (χ0v) is 11.3. The molecule has 0 saturated carbocycles. The highest BCUT2D eigenvalue weighted by atomic mass is 16.1. The smallest absolute Gasteiger partial charge is 0.211 e. The minimum Gasteiger partial charge on any atom is -0.394 e. The van der Waals surface area contributed by atoms with Gasteiger partial charge in [-0.25, -0.2) is 4.68 Å². The molecular formula is C15H15N3O2.